The van der Waals surface area contributed by atoms with Gasteiger partial charge < -0.3 is 10.1 Å². The molecule has 0 unspecified atom stereocenters. The van der Waals surface area contributed by atoms with E-state index in [2.05, 4.69) is 17.4 Å². The second-order valence-electron chi connectivity index (χ2n) is 6.89. The quantitative estimate of drug-likeness (QED) is 0.924. The van der Waals surface area contributed by atoms with Gasteiger partial charge >= 0.3 is 0 Å². The van der Waals surface area contributed by atoms with Crippen molar-refractivity contribution in [2.24, 2.45) is 0 Å². The number of benzene rings is 2. The Balaban J connectivity index is 1.52. The highest BCUT2D eigenvalue weighted by Gasteiger charge is 2.30. The molecule has 2 aromatic rings. The van der Waals surface area contributed by atoms with E-state index in [0.717, 1.165) is 12.8 Å². The molecule has 0 bridgehead atoms. The number of carbonyl (C=O) groups is 2. The number of ether oxygens (including phenoxy) is 1. The van der Waals surface area contributed by atoms with Crippen molar-refractivity contribution < 1.29 is 14.3 Å². The summed E-state index contributed by atoms with van der Waals surface area (Å²) >= 11 is 0. The minimum absolute atomic E-state index is 0.00767. The molecule has 1 atom stereocenters. The molecule has 2 aromatic carbocycles. The number of hydrogen-bond acceptors (Lipinski definition) is 3. The van der Waals surface area contributed by atoms with Crippen molar-refractivity contribution in [2.75, 3.05) is 16.8 Å². The van der Waals surface area contributed by atoms with Crippen LogP contribution in [0.3, 0.4) is 0 Å². The average Bonchev–Trinajstić information content (AvgIpc) is 2.66. The highest BCUT2D eigenvalue weighted by atomic mass is 16.5. The molecule has 0 saturated heterocycles. The number of nitrogens with zero attached hydrogens (tertiary/aromatic N) is 1. The fourth-order valence-electron chi connectivity index (χ4n) is 3.69. The summed E-state index contributed by atoms with van der Waals surface area (Å²) in [6.07, 6.45) is 3.94. The Morgan fingerprint density at radius 3 is 2.73 bits per heavy atom. The predicted octanol–water partition coefficient (Wildman–Crippen LogP) is 3.32. The molecular weight excluding hydrogens is 328 g/mol. The lowest BCUT2D eigenvalue weighted by Crippen LogP contribution is -2.47. The zero-order chi connectivity index (χ0) is 18.1. The average molecular weight is 350 g/mol. The van der Waals surface area contributed by atoms with Crippen molar-refractivity contribution in [3.8, 4) is 5.75 Å². The van der Waals surface area contributed by atoms with Gasteiger partial charge in [0.05, 0.1) is 11.4 Å². The van der Waals surface area contributed by atoms with Crippen molar-refractivity contribution in [2.45, 2.75) is 38.7 Å². The monoisotopic (exact) mass is 350 g/mol. The molecule has 4 rings (SSSR count). The summed E-state index contributed by atoms with van der Waals surface area (Å²) in [4.78, 5) is 26.4. The molecule has 0 spiro atoms. The third kappa shape index (κ3) is 3.17. The molecule has 26 heavy (non-hydrogen) atoms. The molecule has 5 heteroatoms. The molecule has 1 aliphatic heterocycles. The van der Waals surface area contributed by atoms with E-state index < -0.39 is 6.10 Å². The third-order valence-corrected chi connectivity index (χ3v) is 5.02. The van der Waals surface area contributed by atoms with Crippen molar-refractivity contribution in [1.82, 2.24) is 0 Å². The van der Waals surface area contributed by atoms with Crippen LogP contribution in [0.5, 0.6) is 5.75 Å². The highest BCUT2D eigenvalue weighted by Crippen LogP contribution is 2.30. The van der Waals surface area contributed by atoms with Gasteiger partial charge in [0.1, 0.15) is 12.3 Å². The topological polar surface area (TPSA) is 58.6 Å². The van der Waals surface area contributed by atoms with Gasteiger partial charge in [0.15, 0.2) is 6.10 Å². The maximum atomic E-state index is 12.9. The second-order valence-corrected chi connectivity index (χ2v) is 6.89. The van der Waals surface area contributed by atoms with Crippen molar-refractivity contribution >= 4 is 23.2 Å². The summed E-state index contributed by atoms with van der Waals surface area (Å²) in [5.74, 6) is 0.296. The van der Waals surface area contributed by atoms with Crippen molar-refractivity contribution in [1.29, 1.82) is 0 Å². The summed E-state index contributed by atoms with van der Waals surface area (Å²) in [5, 5.41) is 2.79. The SMILES string of the molecule is C[C@H](Oc1ccc2c(c1)CCCC2)C(=O)N1CC(=O)Nc2ccccc21. The molecule has 0 saturated carbocycles. The van der Waals surface area contributed by atoms with Gasteiger partial charge in [-0.25, -0.2) is 0 Å². The van der Waals surface area contributed by atoms with E-state index in [4.69, 9.17) is 4.74 Å². The number of rotatable bonds is 3. The van der Waals surface area contributed by atoms with Gasteiger partial charge in [-0.1, -0.05) is 18.2 Å². The summed E-state index contributed by atoms with van der Waals surface area (Å²) in [7, 11) is 0. The normalized spacial score (nSPS) is 17.0. The van der Waals surface area contributed by atoms with Gasteiger partial charge in [-0.15, -0.1) is 0 Å². The van der Waals surface area contributed by atoms with Crippen LogP contribution in [-0.2, 0) is 22.4 Å². The second kappa shape index (κ2) is 6.83. The largest absolute Gasteiger partial charge is 0.481 e. The lowest BCUT2D eigenvalue weighted by molar-refractivity contribution is -0.126. The van der Waals surface area contributed by atoms with Crippen LogP contribution in [0.15, 0.2) is 42.5 Å². The number of amides is 2. The van der Waals surface area contributed by atoms with Crippen molar-refractivity contribution in [3.05, 3.63) is 53.6 Å². The van der Waals surface area contributed by atoms with Crippen LogP contribution >= 0.6 is 0 Å². The number of nitrogens with one attached hydrogen (secondary N) is 1. The van der Waals surface area contributed by atoms with E-state index in [9.17, 15) is 9.59 Å². The zero-order valence-corrected chi connectivity index (χ0v) is 14.8. The Morgan fingerprint density at radius 1 is 1.12 bits per heavy atom. The minimum atomic E-state index is -0.671. The maximum absolute atomic E-state index is 12.9. The van der Waals surface area contributed by atoms with E-state index in [1.165, 1.54) is 28.9 Å². The number of carbonyl (C=O) groups excluding carboxylic acids is 2. The molecule has 134 valence electrons. The van der Waals surface area contributed by atoms with E-state index in [-0.39, 0.29) is 18.4 Å². The lowest BCUT2D eigenvalue weighted by Gasteiger charge is -2.31. The first kappa shape index (κ1) is 16.6. The fourth-order valence-corrected chi connectivity index (χ4v) is 3.69. The molecular formula is C21H22N2O3. The first-order valence-corrected chi connectivity index (χ1v) is 9.10. The van der Waals surface area contributed by atoms with Crippen LogP contribution in [0.4, 0.5) is 11.4 Å². The minimum Gasteiger partial charge on any atom is -0.481 e. The van der Waals surface area contributed by atoms with Gasteiger partial charge in [-0.3, -0.25) is 14.5 Å². The summed E-state index contributed by atoms with van der Waals surface area (Å²) in [6, 6.07) is 13.4. The Kier molecular flexibility index (Phi) is 4.37. The van der Waals surface area contributed by atoms with Gasteiger partial charge in [-0.2, -0.15) is 0 Å². The molecule has 1 aliphatic carbocycles. The smallest absolute Gasteiger partial charge is 0.268 e. The maximum Gasteiger partial charge on any atom is 0.268 e. The molecule has 1 N–H and O–H groups in total. The zero-order valence-electron chi connectivity index (χ0n) is 14.8. The molecule has 2 aliphatic rings. The van der Waals surface area contributed by atoms with E-state index >= 15 is 0 Å². The summed E-state index contributed by atoms with van der Waals surface area (Å²) < 4.78 is 5.92. The Hall–Kier alpha value is -2.82. The molecule has 5 nitrogen and oxygen atoms in total. The van der Waals surface area contributed by atoms with E-state index in [1.807, 2.05) is 24.3 Å². The first-order valence-electron chi connectivity index (χ1n) is 9.10. The molecule has 2 amide bonds. The lowest BCUT2D eigenvalue weighted by atomic mass is 9.92. The van der Waals surface area contributed by atoms with Gasteiger partial charge in [0.25, 0.3) is 5.91 Å². The number of fused-ring (bicyclic) bond motifs is 2. The van der Waals surface area contributed by atoms with Crippen LogP contribution in [0.1, 0.15) is 30.9 Å². The van der Waals surface area contributed by atoms with Gasteiger partial charge in [0.2, 0.25) is 5.91 Å². The van der Waals surface area contributed by atoms with E-state index in [1.54, 1.807) is 13.0 Å². The van der Waals surface area contributed by atoms with E-state index in [0.29, 0.717) is 17.1 Å². The molecule has 0 aromatic heterocycles. The number of para-hydroxylation sites is 2. The molecule has 1 heterocycles. The fraction of sp³-hybridized carbons (Fsp3) is 0.333. The third-order valence-electron chi connectivity index (χ3n) is 5.02. The van der Waals surface area contributed by atoms with Crippen LogP contribution in [0, 0.1) is 0 Å². The Morgan fingerprint density at radius 2 is 1.88 bits per heavy atom. The number of aryl methyl sites for hydroxylation is 2. The molecule has 0 fully saturated rings. The van der Waals surface area contributed by atoms with Gasteiger partial charge in [-0.05, 0) is 68.0 Å². The summed E-state index contributed by atoms with van der Waals surface area (Å²) in [5.41, 5.74) is 4.05. The Labute approximate surface area is 153 Å². The van der Waals surface area contributed by atoms with Crippen LogP contribution in [-0.4, -0.2) is 24.5 Å². The Bertz CT molecular complexity index is 862. The van der Waals surface area contributed by atoms with Gasteiger partial charge in [0, 0.05) is 0 Å². The summed E-state index contributed by atoms with van der Waals surface area (Å²) in [6.45, 7) is 1.74. The van der Waals surface area contributed by atoms with Crippen LogP contribution in [0.2, 0.25) is 0 Å². The molecule has 0 radical (unpaired) electrons. The highest BCUT2D eigenvalue weighted by molar-refractivity contribution is 6.10. The van der Waals surface area contributed by atoms with Crippen LogP contribution < -0.4 is 15.0 Å². The first-order chi connectivity index (χ1) is 12.6. The number of anilines is 2. The standard InChI is InChI=1S/C21H22N2O3/c1-14(26-17-11-10-15-6-2-3-7-16(15)12-17)21(25)23-13-20(24)22-18-8-4-5-9-19(18)23/h4-5,8-12,14H,2-3,6-7,13H2,1H3,(H,22,24)/t14-/m0/s1. The van der Waals surface area contributed by atoms with Crippen LogP contribution in [0.25, 0.3) is 0 Å². The predicted molar refractivity (Wildman–Crippen MR) is 101 cm³/mol. The van der Waals surface area contributed by atoms with Crippen molar-refractivity contribution in [3.63, 3.8) is 0 Å². The number of hydrogen-bond donors (Lipinski definition) is 1.